The van der Waals surface area contributed by atoms with E-state index >= 15 is 0 Å². The molecule has 9 nitrogen and oxygen atoms in total. The molecule has 2 aromatic carbocycles. The normalized spacial score (nSPS) is 11.1. The zero-order valence-corrected chi connectivity index (χ0v) is 16.2. The SMILES string of the molecule is COc1cc(CN(C)Cn2cnc(-c3ccc([N+](=O)[O-])cc3)n2)ccc1OC(F)F. The molecule has 158 valence electrons. The van der Waals surface area contributed by atoms with Crippen LogP contribution in [0.4, 0.5) is 14.5 Å². The first kappa shape index (κ1) is 21.1. The van der Waals surface area contributed by atoms with E-state index in [9.17, 15) is 18.9 Å². The number of aromatic nitrogens is 3. The molecule has 0 aliphatic heterocycles. The van der Waals surface area contributed by atoms with Crippen LogP contribution >= 0.6 is 0 Å². The molecule has 3 rings (SSSR count). The van der Waals surface area contributed by atoms with Crippen molar-refractivity contribution in [2.75, 3.05) is 14.2 Å². The minimum absolute atomic E-state index is 0.00156. The van der Waals surface area contributed by atoms with Crippen molar-refractivity contribution in [3.05, 3.63) is 64.5 Å². The molecule has 3 aromatic rings. The fraction of sp³-hybridized carbons (Fsp3) is 0.263. The molecule has 30 heavy (non-hydrogen) atoms. The topological polar surface area (TPSA) is 95.5 Å². The van der Waals surface area contributed by atoms with Crippen LogP contribution in [0.5, 0.6) is 11.5 Å². The summed E-state index contributed by atoms with van der Waals surface area (Å²) in [7, 11) is 3.25. The van der Waals surface area contributed by atoms with Gasteiger partial charge in [0.2, 0.25) is 0 Å². The zero-order valence-electron chi connectivity index (χ0n) is 16.2. The second-order valence-electron chi connectivity index (χ2n) is 6.43. The van der Waals surface area contributed by atoms with E-state index in [4.69, 9.17) is 4.74 Å². The Morgan fingerprint density at radius 3 is 2.57 bits per heavy atom. The Balaban J connectivity index is 1.64. The molecule has 0 atom stereocenters. The fourth-order valence-electron chi connectivity index (χ4n) is 2.84. The Labute approximate surface area is 170 Å². The molecule has 0 bridgehead atoms. The second kappa shape index (κ2) is 9.27. The largest absolute Gasteiger partial charge is 0.493 e. The number of rotatable bonds is 9. The number of nitro benzene ring substituents is 1. The van der Waals surface area contributed by atoms with E-state index in [0.29, 0.717) is 24.6 Å². The molecule has 0 unspecified atom stereocenters. The highest BCUT2D eigenvalue weighted by Gasteiger charge is 2.13. The van der Waals surface area contributed by atoms with Crippen LogP contribution in [-0.2, 0) is 13.2 Å². The smallest absolute Gasteiger partial charge is 0.387 e. The highest BCUT2D eigenvalue weighted by molar-refractivity contribution is 5.56. The van der Waals surface area contributed by atoms with Crippen molar-refractivity contribution in [2.45, 2.75) is 19.8 Å². The lowest BCUT2D eigenvalue weighted by atomic mass is 10.2. The molecule has 0 amide bonds. The molecule has 0 spiro atoms. The Morgan fingerprint density at radius 2 is 1.93 bits per heavy atom. The first-order chi connectivity index (χ1) is 14.4. The number of hydrogen-bond donors (Lipinski definition) is 0. The maximum Gasteiger partial charge on any atom is 0.387 e. The van der Waals surface area contributed by atoms with Gasteiger partial charge in [0.15, 0.2) is 17.3 Å². The van der Waals surface area contributed by atoms with E-state index in [-0.39, 0.29) is 17.2 Å². The number of benzene rings is 2. The van der Waals surface area contributed by atoms with Gasteiger partial charge in [0.05, 0.1) is 18.7 Å². The lowest BCUT2D eigenvalue weighted by molar-refractivity contribution is -0.384. The molecular weight excluding hydrogens is 400 g/mol. The predicted octanol–water partition coefficient (Wildman–Crippen LogP) is 3.55. The molecule has 0 aliphatic carbocycles. The van der Waals surface area contributed by atoms with Crippen molar-refractivity contribution < 1.29 is 23.2 Å². The van der Waals surface area contributed by atoms with Crippen LogP contribution in [0.3, 0.4) is 0 Å². The van der Waals surface area contributed by atoms with Gasteiger partial charge in [-0.25, -0.2) is 9.67 Å². The first-order valence-corrected chi connectivity index (χ1v) is 8.80. The van der Waals surface area contributed by atoms with Crippen molar-refractivity contribution >= 4 is 5.69 Å². The molecule has 1 heterocycles. The van der Waals surface area contributed by atoms with Gasteiger partial charge in [-0.2, -0.15) is 8.78 Å². The summed E-state index contributed by atoms with van der Waals surface area (Å²) in [6.45, 7) is -2.01. The van der Waals surface area contributed by atoms with Crippen molar-refractivity contribution in [1.82, 2.24) is 19.7 Å². The minimum Gasteiger partial charge on any atom is -0.493 e. The summed E-state index contributed by atoms with van der Waals surface area (Å²) in [4.78, 5) is 16.5. The van der Waals surface area contributed by atoms with Gasteiger partial charge in [0.25, 0.3) is 5.69 Å². The summed E-state index contributed by atoms with van der Waals surface area (Å²) in [5.41, 5.74) is 1.51. The van der Waals surface area contributed by atoms with E-state index < -0.39 is 11.5 Å². The third-order valence-electron chi connectivity index (χ3n) is 4.16. The van der Waals surface area contributed by atoms with Crippen LogP contribution in [0.2, 0.25) is 0 Å². The fourth-order valence-corrected chi connectivity index (χ4v) is 2.84. The Morgan fingerprint density at radius 1 is 1.20 bits per heavy atom. The highest BCUT2D eigenvalue weighted by atomic mass is 19.3. The van der Waals surface area contributed by atoms with Crippen molar-refractivity contribution in [1.29, 1.82) is 0 Å². The summed E-state index contributed by atoms with van der Waals surface area (Å²) >= 11 is 0. The lowest BCUT2D eigenvalue weighted by Gasteiger charge is -2.17. The molecule has 0 aliphatic rings. The lowest BCUT2D eigenvalue weighted by Crippen LogP contribution is -2.22. The summed E-state index contributed by atoms with van der Waals surface area (Å²) in [5, 5.41) is 15.1. The van der Waals surface area contributed by atoms with Gasteiger partial charge < -0.3 is 9.47 Å². The van der Waals surface area contributed by atoms with Crippen LogP contribution in [0.25, 0.3) is 11.4 Å². The van der Waals surface area contributed by atoms with E-state index in [2.05, 4.69) is 14.8 Å². The zero-order chi connectivity index (χ0) is 21.7. The molecule has 11 heteroatoms. The number of methoxy groups -OCH3 is 1. The minimum atomic E-state index is -2.93. The molecule has 0 N–H and O–H groups in total. The van der Waals surface area contributed by atoms with E-state index in [1.54, 1.807) is 35.3 Å². The van der Waals surface area contributed by atoms with Crippen LogP contribution in [0.1, 0.15) is 5.56 Å². The summed E-state index contributed by atoms with van der Waals surface area (Å²) < 4.78 is 36.0. The molecular formula is C19H19F2N5O4. The average molecular weight is 419 g/mol. The van der Waals surface area contributed by atoms with Crippen LogP contribution in [0.15, 0.2) is 48.8 Å². The molecule has 1 aromatic heterocycles. The number of halogens is 2. The molecule has 0 saturated carbocycles. The maximum atomic E-state index is 12.4. The van der Waals surface area contributed by atoms with Crippen LogP contribution in [0, 0.1) is 10.1 Å². The van der Waals surface area contributed by atoms with Gasteiger partial charge in [0.1, 0.15) is 6.33 Å². The van der Waals surface area contributed by atoms with Crippen molar-refractivity contribution in [2.24, 2.45) is 0 Å². The van der Waals surface area contributed by atoms with Crippen molar-refractivity contribution in [3.8, 4) is 22.9 Å². The predicted molar refractivity (Wildman–Crippen MR) is 103 cm³/mol. The quantitative estimate of drug-likeness (QED) is 0.387. The summed E-state index contributed by atoms with van der Waals surface area (Å²) in [6, 6.07) is 10.7. The number of ether oxygens (including phenoxy) is 2. The Kier molecular flexibility index (Phi) is 6.52. The molecule has 0 radical (unpaired) electrons. The number of alkyl halides is 2. The van der Waals surface area contributed by atoms with Crippen molar-refractivity contribution in [3.63, 3.8) is 0 Å². The second-order valence-corrected chi connectivity index (χ2v) is 6.43. The van der Waals surface area contributed by atoms with Gasteiger partial charge in [-0.05, 0) is 36.9 Å². The summed E-state index contributed by atoms with van der Waals surface area (Å²) in [6.07, 6.45) is 1.56. The third-order valence-corrected chi connectivity index (χ3v) is 4.16. The first-order valence-electron chi connectivity index (χ1n) is 8.80. The number of hydrogen-bond acceptors (Lipinski definition) is 7. The number of non-ortho nitro benzene ring substituents is 1. The standard InChI is InChI=1S/C19H19F2N5O4/c1-24(10-13-3-8-16(30-19(20)21)17(9-13)29-2)12-25-11-22-18(23-25)14-4-6-15(7-5-14)26(27)28/h3-9,11,19H,10,12H2,1-2H3. The maximum absolute atomic E-state index is 12.4. The van der Waals surface area contributed by atoms with Gasteiger partial charge in [-0.3, -0.25) is 15.0 Å². The van der Waals surface area contributed by atoms with Crippen LogP contribution < -0.4 is 9.47 Å². The monoisotopic (exact) mass is 419 g/mol. The van der Waals surface area contributed by atoms with Gasteiger partial charge in [-0.15, -0.1) is 5.10 Å². The van der Waals surface area contributed by atoms with E-state index in [0.717, 1.165) is 5.56 Å². The van der Waals surface area contributed by atoms with Gasteiger partial charge >= 0.3 is 6.61 Å². The number of nitrogens with zero attached hydrogens (tertiary/aromatic N) is 5. The van der Waals surface area contributed by atoms with Crippen LogP contribution in [-0.4, -0.2) is 45.4 Å². The molecule has 0 saturated heterocycles. The van der Waals surface area contributed by atoms with E-state index in [1.807, 2.05) is 11.9 Å². The Bertz CT molecular complexity index is 1010. The van der Waals surface area contributed by atoms with Gasteiger partial charge in [-0.1, -0.05) is 6.07 Å². The third kappa shape index (κ3) is 5.26. The highest BCUT2D eigenvalue weighted by Crippen LogP contribution is 2.29. The van der Waals surface area contributed by atoms with Gasteiger partial charge in [0, 0.05) is 24.2 Å². The summed E-state index contributed by atoms with van der Waals surface area (Å²) in [5.74, 6) is 0.652. The average Bonchev–Trinajstić information content (AvgIpc) is 3.17. The molecule has 0 fully saturated rings. The number of nitro groups is 1. The van der Waals surface area contributed by atoms with E-state index in [1.165, 1.54) is 25.3 Å². The Hall–Kier alpha value is -3.60.